The van der Waals surface area contributed by atoms with E-state index in [9.17, 15) is 4.39 Å². The molecule has 0 amide bonds. The van der Waals surface area contributed by atoms with Gasteiger partial charge in [0.1, 0.15) is 11.6 Å². The Balaban J connectivity index is 1.41. The second-order valence-corrected chi connectivity index (χ2v) is 6.60. The fourth-order valence-corrected chi connectivity index (χ4v) is 3.35. The van der Waals surface area contributed by atoms with E-state index in [4.69, 9.17) is 4.42 Å². The molecule has 5 heteroatoms. The largest absolute Gasteiger partial charge is 0.441 e. The summed E-state index contributed by atoms with van der Waals surface area (Å²) < 4.78 is 19.8. The van der Waals surface area contributed by atoms with E-state index in [-0.39, 0.29) is 5.82 Å². The molecule has 1 aliphatic heterocycles. The van der Waals surface area contributed by atoms with E-state index >= 15 is 0 Å². The normalized spacial score (nSPS) is 15.4. The molecule has 4 rings (SSSR count). The van der Waals surface area contributed by atoms with Gasteiger partial charge in [0.25, 0.3) is 0 Å². The lowest BCUT2D eigenvalue weighted by Crippen LogP contribution is -2.46. The number of oxazole rings is 1. The van der Waals surface area contributed by atoms with E-state index in [0.29, 0.717) is 11.6 Å². The molecular formula is C21H22FN3O. The minimum atomic E-state index is -0.152. The SMILES string of the molecule is Cc1oc(-c2ccccc2)nc1CN1CCN(c2ccccc2F)CC1. The minimum absolute atomic E-state index is 0.152. The Kier molecular flexibility index (Phi) is 4.71. The summed E-state index contributed by atoms with van der Waals surface area (Å²) >= 11 is 0. The van der Waals surface area contributed by atoms with E-state index in [1.165, 1.54) is 6.07 Å². The van der Waals surface area contributed by atoms with Gasteiger partial charge >= 0.3 is 0 Å². The lowest BCUT2D eigenvalue weighted by atomic mass is 10.2. The second kappa shape index (κ2) is 7.30. The maximum atomic E-state index is 14.0. The Labute approximate surface area is 152 Å². The Morgan fingerprint density at radius 2 is 1.65 bits per heavy atom. The van der Waals surface area contributed by atoms with Crippen LogP contribution in [0.5, 0.6) is 0 Å². The first-order chi connectivity index (χ1) is 12.7. The summed E-state index contributed by atoms with van der Waals surface area (Å²) in [5.41, 5.74) is 2.66. The molecule has 0 atom stereocenters. The van der Waals surface area contributed by atoms with Crippen LogP contribution in [0.3, 0.4) is 0 Å². The van der Waals surface area contributed by atoms with Crippen molar-refractivity contribution in [2.24, 2.45) is 0 Å². The van der Waals surface area contributed by atoms with Crippen LogP contribution in [0.25, 0.3) is 11.5 Å². The third kappa shape index (κ3) is 3.48. The van der Waals surface area contributed by atoms with Crippen molar-refractivity contribution in [3.63, 3.8) is 0 Å². The molecule has 1 fully saturated rings. The van der Waals surface area contributed by atoms with E-state index < -0.39 is 0 Å². The summed E-state index contributed by atoms with van der Waals surface area (Å²) in [5.74, 6) is 1.38. The highest BCUT2D eigenvalue weighted by atomic mass is 19.1. The highest BCUT2D eigenvalue weighted by molar-refractivity contribution is 5.53. The fraction of sp³-hybridized carbons (Fsp3) is 0.286. The molecule has 4 nitrogen and oxygen atoms in total. The number of halogens is 1. The van der Waals surface area contributed by atoms with Gasteiger partial charge in [-0.25, -0.2) is 9.37 Å². The number of aromatic nitrogens is 1. The van der Waals surface area contributed by atoms with Crippen LogP contribution in [-0.4, -0.2) is 36.1 Å². The summed E-state index contributed by atoms with van der Waals surface area (Å²) in [5, 5.41) is 0. The van der Waals surface area contributed by atoms with E-state index in [0.717, 1.165) is 49.7 Å². The summed E-state index contributed by atoms with van der Waals surface area (Å²) in [6, 6.07) is 16.9. The van der Waals surface area contributed by atoms with Gasteiger partial charge in [0.05, 0.1) is 11.4 Å². The molecule has 0 spiro atoms. The van der Waals surface area contributed by atoms with Crippen LogP contribution in [0.4, 0.5) is 10.1 Å². The van der Waals surface area contributed by atoms with Crippen LogP contribution < -0.4 is 4.90 Å². The predicted molar refractivity (Wildman–Crippen MR) is 101 cm³/mol. The first-order valence-electron chi connectivity index (χ1n) is 8.94. The van der Waals surface area contributed by atoms with Crippen LogP contribution in [-0.2, 0) is 6.54 Å². The average Bonchev–Trinajstić information content (AvgIpc) is 3.04. The quantitative estimate of drug-likeness (QED) is 0.708. The molecule has 0 radical (unpaired) electrons. The molecule has 0 N–H and O–H groups in total. The van der Waals surface area contributed by atoms with Crippen molar-refractivity contribution in [2.75, 3.05) is 31.1 Å². The van der Waals surface area contributed by atoms with Crippen molar-refractivity contribution in [1.29, 1.82) is 0 Å². The van der Waals surface area contributed by atoms with Crippen molar-refractivity contribution in [3.05, 3.63) is 71.9 Å². The number of nitrogens with zero attached hydrogens (tertiary/aromatic N) is 3. The lowest BCUT2D eigenvalue weighted by Gasteiger charge is -2.35. The number of aryl methyl sites for hydroxylation is 1. The predicted octanol–water partition coefficient (Wildman–Crippen LogP) is 4.11. The zero-order chi connectivity index (χ0) is 17.9. The highest BCUT2D eigenvalue weighted by Gasteiger charge is 2.21. The molecule has 1 aliphatic rings. The van der Waals surface area contributed by atoms with Gasteiger partial charge in [-0.2, -0.15) is 0 Å². The Hall–Kier alpha value is -2.66. The topological polar surface area (TPSA) is 32.5 Å². The molecule has 3 aromatic rings. The second-order valence-electron chi connectivity index (χ2n) is 6.60. The van der Waals surface area contributed by atoms with Crippen molar-refractivity contribution >= 4 is 5.69 Å². The van der Waals surface area contributed by atoms with Crippen LogP contribution in [0.15, 0.2) is 59.0 Å². The summed E-state index contributed by atoms with van der Waals surface area (Å²) in [7, 11) is 0. The van der Waals surface area contributed by atoms with Crippen molar-refractivity contribution in [2.45, 2.75) is 13.5 Å². The molecule has 1 aromatic heterocycles. The molecule has 2 heterocycles. The third-order valence-electron chi connectivity index (χ3n) is 4.85. The standard InChI is InChI=1S/C21H22FN3O/c1-16-19(23-21(26-16)17-7-3-2-4-8-17)15-24-11-13-25(14-12-24)20-10-6-5-9-18(20)22/h2-10H,11-15H2,1H3. The van der Waals surface area contributed by atoms with Crippen LogP contribution in [0.2, 0.25) is 0 Å². The molecule has 0 unspecified atom stereocenters. The molecule has 1 saturated heterocycles. The van der Waals surface area contributed by atoms with E-state index in [1.807, 2.05) is 49.4 Å². The lowest BCUT2D eigenvalue weighted by molar-refractivity contribution is 0.245. The molecule has 0 bridgehead atoms. The average molecular weight is 351 g/mol. The zero-order valence-corrected chi connectivity index (χ0v) is 14.9. The van der Waals surface area contributed by atoms with Crippen molar-refractivity contribution < 1.29 is 8.81 Å². The van der Waals surface area contributed by atoms with Gasteiger partial charge in [-0.1, -0.05) is 30.3 Å². The van der Waals surface area contributed by atoms with Gasteiger partial charge in [-0.05, 0) is 31.2 Å². The van der Waals surface area contributed by atoms with Crippen LogP contribution in [0.1, 0.15) is 11.5 Å². The third-order valence-corrected chi connectivity index (χ3v) is 4.85. The van der Waals surface area contributed by atoms with Crippen molar-refractivity contribution in [1.82, 2.24) is 9.88 Å². The number of benzene rings is 2. The monoisotopic (exact) mass is 351 g/mol. The number of para-hydroxylation sites is 1. The molecule has 26 heavy (non-hydrogen) atoms. The number of rotatable bonds is 4. The Morgan fingerprint density at radius 3 is 2.38 bits per heavy atom. The van der Waals surface area contributed by atoms with Gasteiger partial charge in [0, 0.05) is 38.3 Å². The highest BCUT2D eigenvalue weighted by Crippen LogP contribution is 2.24. The molecule has 134 valence electrons. The first-order valence-corrected chi connectivity index (χ1v) is 8.94. The van der Waals surface area contributed by atoms with Gasteiger partial charge in [-0.15, -0.1) is 0 Å². The molecular weight excluding hydrogens is 329 g/mol. The summed E-state index contributed by atoms with van der Waals surface area (Å²) in [6.45, 7) is 6.09. The van der Waals surface area contributed by atoms with Crippen molar-refractivity contribution in [3.8, 4) is 11.5 Å². The van der Waals surface area contributed by atoms with E-state index in [2.05, 4.69) is 14.8 Å². The Morgan fingerprint density at radius 1 is 0.962 bits per heavy atom. The van der Waals surface area contributed by atoms with Gasteiger partial charge < -0.3 is 9.32 Å². The number of anilines is 1. The first kappa shape index (κ1) is 16.8. The number of hydrogen-bond donors (Lipinski definition) is 0. The van der Waals surface area contributed by atoms with Gasteiger partial charge in [0.15, 0.2) is 0 Å². The Bertz CT molecular complexity index is 870. The van der Waals surface area contributed by atoms with E-state index in [1.54, 1.807) is 6.07 Å². The summed E-state index contributed by atoms with van der Waals surface area (Å²) in [6.07, 6.45) is 0. The maximum Gasteiger partial charge on any atom is 0.226 e. The zero-order valence-electron chi connectivity index (χ0n) is 14.9. The number of piperazine rings is 1. The minimum Gasteiger partial charge on any atom is -0.441 e. The maximum absolute atomic E-state index is 14.0. The number of hydrogen-bond acceptors (Lipinski definition) is 4. The smallest absolute Gasteiger partial charge is 0.226 e. The molecule has 0 saturated carbocycles. The summed E-state index contributed by atoms with van der Waals surface area (Å²) in [4.78, 5) is 9.14. The van der Waals surface area contributed by atoms with Gasteiger partial charge in [0.2, 0.25) is 5.89 Å². The van der Waals surface area contributed by atoms with Gasteiger partial charge in [-0.3, -0.25) is 4.90 Å². The molecule has 0 aliphatic carbocycles. The van der Waals surface area contributed by atoms with Crippen LogP contribution >= 0.6 is 0 Å². The fourth-order valence-electron chi connectivity index (χ4n) is 3.35. The molecule has 2 aromatic carbocycles. The van der Waals surface area contributed by atoms with Crippen LogP contribution in [0, 0.1) is 12.7 Å².